The first kappa shape index (κ1) is 24.1. The van der Waals surface area contributed by atoms with Crippen molar-refractivity contribution in [2.45, 2.75) is 0 Å². The number of carbonyl (C=O) groups excluding carboxylic acids is 2. The molecular weight excluding hydrogens is 501 g/mol. The van der Waals surface area contributed by atoms with Crippen LogP contribution < -0.4 is 15.4 Å². The number of pyridine rings is 1. The van der Waals surface area contributed by atoms with Crippen molar-refractivity contribution in [1.29, 1.82) is 0 Å². The number of nitrogens with one attached hydrogen (secondary N) is 2. The summed E-state index contributed by atoms with van der Waals surface area (Å²) in [7, 11) is 1.88. The first-order chi connectivity index (χ1) is 17.4. The van der Waals surface area contributed by atoms with Crippen LogP contribution >= 0.6 is 23.2 Å². The smallest absolute Gasteiger partial charge is 0.270 e. The highest BCUT2D eigenvalue weighted by Crippen LogP contribution is 2.28. The average Bonchev–Trinajstić information content (AvgIpc) is 3.22. The number of anilines is 1. The highest BCUT2D eigenvalue weighted by molar-refractivity contribution is 6.42. The second-order valence-electron chi connectivity index (χ2n) is 8.42. The molecule has 5 rings (SSSR count). The molecular formula is C26H23Cl2N5O3. The second-order valence-corrected chi connectivity index (χ2v) is 9.24. The lowest BCUT2D eigenvalue weighted by atomic mass is 10.2. The van der Waals surface area contributed by atoms with Crippen LogP contribution in [-0.2, 0) is 7.05 Å². The van der Waals surface area contributed by atoms with Crippen molar-refractivity contribution in [3.63, 3.8) is 0 Å². The van der Waals surface area contributed by atoms with Crippen LogP contribution in [0.5, 0.6) is 11.6 Å². The Bertz CT molecular complexity index is 1450. The molecule has 0 atom stereocenters. The minimum Gasteiger partial charge on any atom is -0.439 e. The predicted octanol–water partition coefficient (Wildman–Crippen LogP) is 4.97. The largest absolute Gasteiger partial charge is 0.439 e. The summed E-state index contributed by atoms with van der Waals surface area (Å²) in [6.45, 7) is 3.01. The fraction of sp³-hybridized carbons (Fsp3) is 0.192. The van der Waals surface area contributed by atoms with Crippen LogP contribution in [0.4, 0.5) is 5.69 Å². The van der Waals surface area contributed by atoms with Gasteiger partial charge < -0.3 is 24.8 Å². The number of piperazine rings is 1. The minimum absolute atomic E-state index is 0.0258. The maximum atomic E-state index is 13.0. The molecule has 1 aliphatic rings. The van der Waals surface area contributed by atoms with Gasteiger partial charge in [-0.2, -0.15) is 0 Å². The summed E-state index contributed by atoms with van der Waals surface area (Å²) in [5, 5.41) is 7.67. The van der Waals surface area contributed by atoms with E-state index in [0.29, 0.717) is 51.7 Å². The van der Waals surface area contributed by atoms with Crippen LogP contribution in [0.2, 0.25) is 10.0 Å². The van der Waals surface area contributed by atoms with E-state index in [2.05, 4.69) is 15.6 Å². The first-order valence-electron chi connectivity index (χ1n) is 11.4. The van der Waals surface area contributed by atoms with Crippen LogP contribution in [0.15, 0.2) is 60.8 Å². The van der Waals surface area contributed by atoms with Crippen molar-refractivity contribution in [2.24, 2.45) is 7.05 Å². The summed E-state index contributed by atoms with van der Waals surface area (Å²) < 4.78 is 7.82. The number of benzene rings is 2. The van der Waals surface area contributed by atoms with Gasteiger partial charge in [0.25, 0.3) is 11.8 Å². The molecule has 184 valence electrons. The Labute approximate surface area is 217 Å². The number of rotatable bonds is 5. The molecule has 1 aliphatic heterocycles. The topological polar surface area (TPSA) is 88.5 Å². The van der Waals surface area contributed by atoms with Gasteiger partial charge in [-0.05, 0) is 42.5 Å². The number of halogens is 2. The summed E-state index contributed by atoms with van der Waals surface area (Å²) in [6, 6.07) is 15.6. The fourth-order valence-corrected chi connectivity index (χ4v) is 4.38. The van der Waals surface area contributed by atoms with Gasteiger partial charge in [-0.25, -0.2) is 4.98 Å². The summed E-state index contributed by atoms with van der Waals surface area (Å²) in [5.41, 5.74) is 2.42. The molecule has 0 unspecified atom stereocenters. The van der Waals surface area contributed by atoms with Gasteiger partial charge in [0.05, 0.1) is 27.4 Å². The summed E-state index contributed by atoms with van der Waals surface area (Å²) in [5.74, 6) is 0.653. The Morgan fingerprint density at radius 2 is 1.81 bits per heavy atom. The Hall–Kier alpha value is -3.59. The average molecular weight is 524 g/mol. The number of ether oxygens (including phenoxy) is 1. The normalized spacial score (nSPS) is 13.6. The van der Waals surface area contributed by atoms with Gasteiger partial charge >= 0.3 is 0 Å². The Balaban J connectivity index is 1.28. The maximum absolute atomic E-state index is 13.0. The number of hydrogen-bond acceptors (Lipinski definition) is 5. The Morgan fingerprint density at radius 3 is 2.53 bits per heavy atom. The number of hydrogen-bond donors (Lipinski definition) is 2. The second kappa shape index (κ2) is 10.2. The molecule has 10 heteroatoms. The molecule has 2 N–H and O–H groups in total. The molecule has 2 aromatic carbocycles. The summed E-state index contributed by atoms with van der Waals surface area (Å²) >= 11 is 11.9. The number of aryl methyl sites for hydroxylation is 1. The third-order valence-corrected chi connectivity index (χ3v) is 6.78. The Morgan fingerprint density at radius 1 is 1.00 bits per heavy atom. The molecule has 0 aliphatic carbocycles. The van der Waals surface area contributed by atoms with Crippen molar-refractivity contribution >= 4 is 51.6 Å². The van der Waals surface area contributed by atoms with Gasteiger partial charge in [-0.3, -0.25) is 9.59 Å². The van der Waals surface area contributed by atoms with Crippen molar-refractivity contribution in [3.05, 3.63) is 82.1 Å². The van der Waals surface area contributed by atoms with Gasteiger partial charge in [0.2, 0.25) is 5.88 Å². The van der Waals surface area contributed by atoms with Crippen molar-refractivity contribution in [1.82, 2.24) is 19.8 Å². The Kier molecular flexibility index (Phi) is 6.82. The van der Waals surface area contributed by atoms with Crippen LogP contribution in [-0.4, -0.2) is 52.4 Å². The van der Waals surface area contributed by atoms with E-state index in [1.807, 2.05) is 40.8 Å². The molecule has 4 aromatic rings. The van der Waals surface area contributed by atoms with E-state index in [1.165, 1.54) is 12.3 Å². The summed E-state index contributed by atoms with van der Waals surface area (Å²) in [4.78, 5) is 31.6. The molecule has 1 fully saturated rings. The number of aromatic nitrogens is 2. The van der Waals surface area contributed by atoms with Crippen molar-refractivity contribution in [2.75, 3.05) is 31.5 Å². The summed E-state index contributed by atoms with van der Waals surface area (Å²) in [6.07, 6.45) is 1.51. The standard InChI is InChI=1S/C26H23Cl2N5O3/c1-32-22-14-19(5-2-16(22)13-23(32)26(35)33-10-8-29-9-11-33)36-24-7-4-18(15-30-24)31-25(34)17-3-6-20(27)21(28)12-17/h2-7,12-15,29H,8-11H2,1H3,(H,31,34). The van der Waals surface area contributed by atoms with Crippen molar-refractivity contribution < 1.29 is 14.3 Å². The number of carbonyl (C=O) groups is 2. The highest BCUT2D eigenvalue weighted by Gasteiger charge is 2.21. The zero-order chi connectivity index (χ0) is 25.2. The van der Waals surface area contributed by atoms with Gasteiger partial charge in [-0.15, -0.1) is 0 Å². The molecule has 0 bridgehead atoms. The van der Waals surface area contributed by atoms with Gasteiger partial charge in [0.15, 0.2) is 0 Å². The third kappa shape index (κ3) is 5.02. The van der Waals surface area contributed by atoms with Gasteiger partial charge in [0, 0.05) is 56.3 Å². The fourth-order valence-electron chi connectivity index (χ4n) is 4.08. The zero-order valence-corrected chi connectivity index (χ0v) is 20.9. The van der Waals surface area contributed by atoms with Crippen LogP contribution in [0, 0.1) is 0 Å². The SMILES string of the molecule is Cn1c(C(=O)N2CCNCC2)cc2ccc(Oc3ccc(NC(=O)c4ccc(Cl)c(Cl)c4)cn3)cc21. The zero-order valence-electron chi connectivity index (χ0n) is 19.4. The van der Waals surface area contributed by atoms with Crippen molar-refractivity contribution in [3.8, 4) is 11.6 Å². The number of fused-ring (bicyclic) bond motifs is 1. The van der Waals surface area contributed by atoms with E-state index >= 15 is 0 Å². The molecule has 3 heterocycles. The van der Waals surface area contributed by atoms with E-state index in [-0.39, 0.29) is 11.8 Å². The predicted molar refractivity (Wildman–Crippen MR) is 140 cm³/mol. The number of amides is 2. The van der Waals surface area contributed by atoms with Gasteiger partial charge in [0.1, 0.15) is 11.4 Å². The van der Waals surface area contributed by atoms with Gasteiger partial charge in [-0.1, -0.05) is 23.2 Å². The molecule has 36 heavy (non-hydrogen) atoms. The van der Waals surface area contributed by atoms with E-state index in [1.54, 1.807) is 24.3 Å². The monoisotopic (exact) mass is 523 g/mol. The molecule has 0 spiro atoms. The number of nitrogens with zero attached hydrogens (tertiary/aromatic N) is 3. The molecule has 8 nitrogen and oxygen atoms in total. The minimum atomic E-state index is -0.329. The molecule has 2 aromatic heterocycles. The molecule has 0 saturated carbocycles. The lowest BCUT2D eigenvalue weighted by Gasteiger charge is -2.27. The maximum Gasteiger partial charge on any atom is 0.270 e. The van der Waals surface area contributed by atoms with Crippen LogP contribution in [0.3, 0.4) is 0 Å². The first-order valence-corrected chi connectivity index (χ1v) is 12.1. The van der Waals surface area contributed by atoms with E-state index in [9.17, 15) is 9.59 Å². The van der Waals surface area contributed by atoms with E-state index < -0.39 is 0 Å². The molecule has 1 saturated heterocycles. The highest BCUT2D eigenvalue weighted by atomic mass is 35.5. The van der Waals surface area contributed by atoms with E-state index in [0.717, 1.165) is 24.0 Å². The van der Waals surface area contributed by atoms with Crippen LogP contribution in [0.1, 0.15) is 20.8 Å². The molecule has 2 amide bonds. The van der Waals surface area contributed by atoms with E-state index in [4.69, 9.17) is 27.9 Å². The quantitative estimate of drug-likeness (QED) is 0.385. The lowest BCUT2D eigenvalue weighted by Crippen LogP contribution is -2.46. The third-order valence-electron chi connectivity index (χ3n) is 6.04. The lowest BCUT2D eigenvalue weighted by molar-refractivity contribution is 0.0726. The van der Waals surface area contributed by atoms with Crippen LogP contribution in [0.25, 0.3) is 10.9 Å². The molecule has 0 radical (unpaired) electrons.